The van der Waals surface area contributed by atoms with Crippen LogP contribution in [0, 0.1) is 0 Å². The van der Waals surface area contributed by atoms with Crippen molar-refractivity contribution in [1.29, 1.82) is 0 Å². The molecule has 0 saturated carbocycles. The van der Waals surface area contributed by atoms with Gasteiger partial charge in [0.15, 0.2) is 5.75 Å². The highest BCUT2D eigenvalue weighted by Crippen LogP contribution is 2.34. The molecule has 81 valence electrons. The molecule has 2 nitrogen and oxygen atoms in total. The monoisotopic (exact) mass is 212 g/mol. The van der Waals surface area contributed by atoms with Crippen LogP contribution in [0.2, 0.25) is 0 Å². The highest BCUT2D eigenvalue weighted by Gasteiger charge is 2.15. The maximum Gasteiger partial charge on any atom is 0.186 e. The van der Waals surface area contributed by atoms with Gasteiger partial charge in [-0.05, 0) is 25.0 Å². The van der Waals surface area contributed by atoms with E-state index in [1.54, 1.807) is 6.07 Å². The second-order valence-electron chi connectivity index (χ2n) is 4.32. The molecule has 2 heteroatoms. The molecule has 0 bridgehead atoms. The van der Waals surface area contributed by atoms with Crippen LogP contribution in [-0.2, 0) is 5.11 Å². The predicted molar refractivity (Wildman–Crippen MR) is 65.5 cm³/mol. The van der Waals surface area contributed by atoms with E-state index in [1.807, 2.05) is 30.3 Å². The SMILES string of the molecule is [O]c1ccc(N2CCCC2)c2ccccc12. The second-order valence-corrected chi connectivity index (χ2v) is 4.32. The molecule has 2 aromatic carbocycles. The molecule has 3 rings (SSSR count). The summed E-state index contributed by atoms with van der Waals surface area (Å²) >= 11 is 0. The van der Waals surface area contributed by atoms with Gasteiger partial charge < -0.3 is 4.90 Å². The molecule has 0 aliphatic carbocycles. The Bertz CT molecular complexity index is 515. The Hall–Kier alpha value is -1.70. The van der Waals surface area contributed by atoms with E-state index in [9.17, 15) is 5.11 Å². The summed E-state index contributed by atoms with van der Waals surface area (Å²) in [5.74, 6) is 0.124. The van der Waals surface area contributed by atoms with Crippen molar-refractivity contribution in [3.05, 3.63) is 36.4 Å². The van der Waals surface area contributed by atoms with Gasteiger partial charge in [-0.25, -0.2) is 0 Å². The van der Waals surface area contributed by atoms with Gasteiger partial charge in [-0.2, -0.15) is 0 Å². The fourth-order valence-corrected chi connectivity index (χ4v) is 2.49. The summed E-state index contributed by atoms with van der Waals surface area (Å²) in [6, 6.07) is 11.5. The van der Waals surface area contributed by atoms with Gasteiger partial charge in [-0.3, -0.25) is 5.11 Å². The van der Waals surface area contributed by atoms with E-state index in [2.05, 4.69) is 4.90 Å². The number of rotatable bonds is 1. The van der Waals surface area contributed by atoms with Gasteiger partial charge in [0.05, 0.1) is 0 Å². The topological polar surface area (TPSA) is 23.1 Å². The van der Waals surface area contributed by atoms with Crippen LogP contribution in [0.3, 0.4) is 0 Å². The van der Waals surface area contributed by atoms with Gasteiger partial charge in [0.25, 0.3) is 0 Å². The molecule has 16 heavy (non-hydrogen) atoms. The van der Waals surface area contributed by atoms with Gasteiger partial charge in [-0.15, -0.1) is 0 Å². The van der Waals surface area contributed by atoms with Gasteiger partial charge in [0.1, 0.15) is 0 Å². The summed E-state index contributed by atoms with van der Waals surface area (Å²) in [7, 11) is 0. The van der Waals surface area contributed by atoms with Gasteiger partial charge in [-0.1, -0.05) is 24.3 Å². The Labute approximate surface area is 95.1 Å². The van der Waals surface area contributed by atoms with Crippen molar-refractivity contribution in [3.8, 4) is 5.75 Å². The zero-order valence-corrected chi connectivity index (χ0v) is 9.15. The largest absolute Gasteiger partial charge is 0.371 e. The minimum atomic E-state index is 0.124. The zero-order chi connectivity index (χ0) is 11.0. The Kier molecular flexibility index (Phi) is 2.21. The summed E-state index contributed by atoms with van der Waals surface area (Å²) in [6.45, 7) is 2.23. The number of fused-ring (bicyclic) bond motifs is 1. The third-order valence-electron chi connectivity index (χ3n) is 3.31. The van der Waals surface area contributed by atoms with Crippen molar-refractivity contribution < 1.29 is 5.11 Å². The van der Waals surface area contributed by atoms with E-state index in [4.69, 9.17) is 0 Å². The second kappa shape index (κ2) is 3.71. The van der Waals surface area contributed by atoms with E-state index < -0.39 is 0 Å². The van der Waals surface area contributed by atoms with Crippen LogP contribution in [0.5, 0.6) is 5.75 Å². The third-order valence-corrected chi connectivity index (χ3v) is 3.31. The van der Waals surface area contributed by atoms with E-state index in [0.717, 1.165) is 23.9 Å². The Morgan fingerprint density at radius 3 is 2.31 bits per heavy atom. The molecule has 2 aromatic rings. The van der Waals surface area contributed by atoms with E-state index in [-0.39, 0.29) is 5.75 Å². The van der Waals surface area contributed by atoms with E-state index >= 15 is 0 Å². The Morgan fingerprint density at radius 2 is 1.56 bits per heavy atom. The lowest BCUT2D eigenvalue weighted by molar-refractivity contribution is 0.360. The lowest BCUT2D eigenvalue weighted by Gasteiger charge is -2.19. The summed E-state index contributed by atoms with van der Waals surface area (Å²) < 4.78 is 0. The molecular formula is C14H14NO. The molecule has 0 atom stereocenters. The standard InChI is InChI=1S/C14H14NO/c16-14-8-7-13(15-9-3-4-10-15)11-5-1-2-6-12(11)14/h1-2,5-8H,3-4,9-10H2. The summed E-state index contributed by atoms with van der Waals surface area (Å²) in [5, 5.41) is 13.7. The molecule has 0 N–H and O–H groups in total. The molecule has 0 amide bonds. The van der Waals surface area contributed by atoms with Gasteiger partial charge in [0.2, 0.25) is 0 Å². The minimum Gasteiger partial charge on any atom is -0.371 e. The van der Waals surface area contributed by atoms with E-state index in [1.165, 1.54) is 18.5 Å². The molecule has 0 spiro atoms. The van der Waals surface area contributed by atoms with Crippen LogP contribution in [0.1, 0.15) is 12.8 Å². The first-order valence-corrected chi connectivity index (χ1v) is 5.80. The summed E-state index contributed by atoms with van der Waals surface area (Å²) in [5.41, 5.74) is 1.22. The van der Waals surface area contributed by atoms with Crippen molar-refractivity contribution in [2.75, 3.05) is 18.0 Å². The molecule has 1 fully saturated rings. The fraction of sp³-hybridized carbons (Fsp3) is 0.286. The normalized spacial score (nSPS) is 15.9. The Morgan fingerprint density at radius 1 is 0.875 bits per heavy atom. The maximum atomic E-state index is 11.7. The highest BCUT2D eigenvalue weighted by molar-refractivity contribution is 5.98. The first kappa shape index (κ1) is 9.52. The molecule has 1 aliphatic heterocycles. The Balaban J connectivity index is 2.21. The van der Waals surface area contributed by atoms with Crippen molar-refractivity contribution >= 4 is 16.5 Å². The summed E-state index contributed by atoms with van der Waals surface area (Å²) in [6.07, 6.45) is 2.51. The lowest BCUT2D eigenvalue weighted by atomic mass is 10.1. The van der Waals surface area contributed by atoms with Crippen LogP contribution in [-0.4, -0.2) is 13.1 Å². The van der Waals surface area contributed by atoms with Crippen molar-refractivity contribution in [2.45, 2.75) is 12.8 Å². The fourth-order valence-electron chi connectivity index (χ4n) is 2.49. The lowest BCUT2D eigenvalue weighted by Crippen LogP contribution is -2.17. The first-order valence-electron chi connectivity index (χ1n) is 5.80. The quantitative estimate of drug-likeness (QED) is 0.708. The number of nitrogens with zero attached hydrogens (tertiary/aromatic N) is 1. The number of hydrogen-bond acceptors (Lipinski definition) is 1. The average Bonchev–Trinajstić information content (AvgIpc) is 2.83. The molecule has 1 aliphatic rings. The van der Waals surface area contributed by atoms with Crippen molar-refractivity contribution in [3.63, 3.8) is 0 Å². The molecule has 1 saturated heterocycles. The van der Waals surface area contributed by atoms with Crippen molar-refractivity contribution in [2.24, 2.45) is 0 Å². The average molecular weight is 212 g/mol. The van der Waals surface area contributed by atoms with Crippen LogP contribution in [0.4, 0.5) is 5.69 Å². The molecule has 1 radical (unpaired) electrons. The van der Waals surface area contributed by atoms with Crippen LogP contribution < -0.4 is 4.90 Å². The number of anilines is 1. The van der Waals surface area contributed by atoms with Gasteiger partial charge >= 0.3 is 0 Å². The predicted octanol–water partition coefficient (Wildman–Crippen LogP) is 3.58. The first-order chi connectivity index (χ1) is 7.86. The minimum absolute atomic E-state index is 0.124. The van der Waals surface area contributed by atoms with Crippen LogP contribution in [0.15, 0.2) is 36.4 Å². The van der Waals surface area contributed by atoms with Crippen molar-refractivity contribution in [1.82, 2.24) is 0 Å². The third kappa shape index (κ3) is 1.42. The van der Waals surface area contributed by atoms with Crippen LogP contribution >= 0.6 is 0 Å². The smallest absolute Gasteiger partial charge is 0.186 e. The number of hydrogen-bond donors (Lipinski definition) is 0. The summed E-state index contributed by atoms with van der Waals surface area (Å²) in [4.78, 5) is 2.38. The molecule has 1 heterocycles. The zero-order valence-electron chi connectivity index (χ0n) is 9.15. The van der Waals surface area contributed by atoms with Gasteiger partial charge in [0, 0.05) is 29.5 Å². The highest BCUT2D eigenvalue weighted by atomic mass is 16.3. The maximum absolute atomic E-state index is 11.7. The molecule has 0 aromatic heterocycles. The van der Waals surface area contributed by atoms with Crippen LogP contribution in [0.25, 0.3) is 10.8 Å². The molecule has 0 unspecified atom stereocenters. The van der Waals surface area contributed by atoms with E-state index in [0.29, 0.717) is 0 Å². The molecular weight excluding hydrogens is 198 g/mol. The number of benzene rings is 2.